The number of aryl methyl sites for hydroxylation is 1. The lowest BCUT2D eigenvalue weighted by Crippen LogP contribution is -2.54. The summed E-state index contributed by atoms with van der Waals surface area (Å²) in [4.78, 5) is 65.4. The van der Waals surface area contributed by atoms with E-state index in [-0.39, 0.29) is 55.1 Å². The number of amides is 3. The Morgan fingerprint density at radius 1 is 1.06 bits per heavy atom. The SMILES string of the molecule is CCC(C)C(C(CC(=O)N1CCCC1C(OC)C(C)C(=O)N[C@@H](Cc1ccccc1)C(=O)OC)OC)N(C)C(=O)CNc1nccc(C)n1. The van der Waals surface area contributed by atoms with Gasteiger partial charge >= 0.3 is 5.97 Å². The average Bonchev–Trinajstić information content (AvgIpc) is 3.59. The average molecular weight is 683 g/mol. The van der Waals surface area contributed by atoms with Crippen molar-refractivity contribution >= 4 is 29.6 Å². The van der Waals surface area contributed by atoms with Crippen molar-refractivity contribution in [2.75, 3.05) is 46.8 Å². The number of aromatic nitrogens is 2. The van der Waals surface area contributed by atoms with Crippen LogP contribution in [0.4, 0.5) is 5.95 Å². The maximum atomic E-state index is 14.0. The van der Waals surface area contributed by atoms with E-state index in [1.165, 1.54) is 14.2 Å². The highest BCUT2D eigenvalue weighted by Gasteiger charge is 2.42. The molecule has 2 N–H and O–H groups in total. The van der Waals surface area contributed by atoms with Crippen LogP contribution in [0.3, 0.4) is 0 Å². The minimum atomic E-state index is -0.875. The number of anilines is 1. The number of likely N-dealkylation sites (tertiary alicyclic amines) is 1. The Morgan fingerprint density at radius 2 is 1.78 bits per heavy atom. The van der Waals surface area contributed by atoms with Gasteiger partial charge in [0.15, 0.2) is 0 Å². The zero-order chi connectivity index (χ0) is 36.1. The third-order valence-electron chi connectivity index (χ3n) is 9.58. The van der Waals surface area contributed by atoms with E-state index in [1.807, 2.05) is 51.1 Å². The molecule has 3 amide bonds. The molecule has 0 radical (unpaired) electrons. The molecule has 0 saturated carbocycles. The van der Waals surface area contributed by atoms with Gasteiger partial charge in [0.1, 0.15) is 6.04 Å². The predicted molar refractivity (Wildman–Crippen MR) is 185 cm³/mol. The fourth-order valence-corrected chi connectivity index (χ4v) is 6.63. The molecule has 13 nitrogen and oxygen atoms in total. The Labute approximate surface area is 290 Å². The van der Waals surface area contributed by atoms with E-state index in [0.717, 1.165) is 24.1 Å². The molecule has 2 heterocycles. The zero-order valence-corrected chi connectivity index (χ0v) is 30.2. The number of carbonyl (C=O) groups is 4. The molecule has 0 aliphatic carbocycles. The second-order valence-corrected chi connectivity index (χ2v) is 12.8. The Morgan fingerprint density at radius 3 is 2.39 bits per heavy atom. The summed E-state index contributed by atoms with van der Waals surface area (Å²) in [6, 6.07) is 9.56. The summed E-state index contributed by atoms with van der Waals surface area (Å²) in [5.74, 6) is -1.50. The molecule has 270 valence electrons. The first-order valence-corrected chi connectivity index (χ1v) is 17.0. The van der Waals surface area contributed by atoms with E-state index >= 15 is 0 Å². The molecule has 0 spiro atoms. The lowest BCUT2D eigenvalue weighted by molar-refractivity contribution is -0.148. The van der Waals surface area contributed by atoms with Crippen molar-refractivity contribution < 1.29 is 33.4 Å². The lowest BCUT2D eigenvalue weighted by Gasteiger charge is -2.39. The first kappa shape index (κ1) is 39.3. The van der Waals surface area contributed by atoms with Crippen LogP contribution in [0.1, 0.15) is 57.7 Å². The summed E-state index contributed by atoms with van der Waals surface area (Å²) >= 11 is 0. The summed E-state index contributed by atoms with van der Waals surface area (Å²) < 4.78 is 16.8. The monoisotopic (exact) mass is 682 g/mol. The number of carbonyl (C=O) groups excluding carboxylic acids is 4. The summed E-state index contributed by atoms with van der Waals surface area (Å²) in [6.45, 7) is 8.18. The van der Waals surface area contributed by atoms with E-state index in [0.29, 0.717) is 18.9 Å². The van der Waals surface area contributed by atoms with Gasteiger partial charge in [-0.25, -0.2) is 14.8 Å². The third kappa shape index (κ3) is 10.7. The van der Waals surface area contributed by atoms with Crippen molar-refractivity contribution in [2.45, 2.75) is 90.1 Å². The van der Waals surface area contributed by atoms with E-state index < -0.39 is 30.1 Å². The molecule has 1 aromatic heterocycles. The van der Waals surface area contributed by atoms with E-state index in [2.05, 4.69) is 20.6 Å². The molecule has 1 saturated heterocycles. The van der Waals surface area contributed by atoms with Crippen molar-refractivity contribution in [3.8, 4) is 0 Å². The Hall–Kier alpha value is -4.10. The number of nitrogens with zero attached hydrogens (tertiary/aromatic N) is 4. The van der Waals surface area contributed by atoms with Crippen LogP contribution >= 0.6 is 0 Å². The highest BCUT2D eigenvalue weighted by molar-refractivity contribution is 5.86. The molecule has 13 heteroatoms. The smallest absolute Gasteiger partial charge is 0.328 e. The molecule has 49 heavy (non-hydrogen) atoms. The van der Waals surface area contributed by atoms with Crippen LogP contribution < -0.4 is 10.6 Å². The maximum absolute atomic E-state index is 14.0. The van der Waals surface area contributed by atoms with Crippen LogP contribution in [0.15, 0.2) is 42.6 Å². The summed E-state index contributed by atoms with van der Waals surface area (Å²) in [7, 11) is 6.11. The van der Waals surface area contributed by atoms with Gasteiger partial charge in [0, 0.05) is 46.1 Å². The fraction of sp³-hybridized carbons (Fsp3) is 0.611. The number of esters is 1. The summed E-state index contributed by atoms with van der Waals surface area (Å²) in [6.07, 6.45) is 2.94. The minimum Gasteiger partial charge on any atom is -0.467 e. The van der Waals surface area contributed by atoms with Crippen molar-refractivity contribution in [3.05, 3.63) is 53.9 Å². The molecule has 1 aromatic carbocycles. The number of likely N-dealkylation sites (N-methyl/N-ethyl adjacent to an activating group) is 1. The van der Waals surface area contributed by atoms with Gasteiger partial charge in [0.05, 0.1) is 50.3 Å². The van der Waals surface area contributed by atoms with Crippen molar-refractivity contribution in [1.82, 2.24) is 25.1 Å². The number of hydrogen-bond acceptors (Lipinski definition) is 10. The highest BCUT2D eigenvalue weighted by Crippen LogP contribution is 2.29. The Kier molecular flexibility index (Phi) is 15.4. The van der Waals surface area contributed by atoms with Crippen LogP contribution in [0, 0.1) is 18.8 Å². The van der Waals surface area contributed by atoms with Gasteiger partial charge in [-0.2, -0.15) is 0 Å². The van der Waals surface area contributed by atoms with Crippen LogP contribution in [0.2, 0.25) is 0 Å². The zero-order valence-electron chi connectivity index (χ0n) is 30.2. The topological polar surface area (TPSA) is 152 Å². The molecule has 1 aliphatic rings. The first-order valence-electron chi connectivity index (χ1n) is 17.0. The van der Waals surface area contributed by atoms with Gasteiger partial charge in [-0.05, 0) is 37.3 Å². The molecule has 1 aliphatic heterocycles. The Bertz CT molecular complexity index is 1380. The number of rotatable bonds is 18. The minimum absolute atomic E-state index is 0.0108. The highest BCUT2D eigenvalue weighted by atomic mass is 16.5. The second-order valence-electron chi connectivity index (χ2n) is 12.8. The molecule has 6 unspecified atom stereocenters. The molecule has 0 bridgehead atoms. The third-order valence-corrected chi connectivity index (χ3v) is 9.58. The first-order chi connectivity index (χ1) is 23.4. The van der Waals surface area contributed by atoms with Crippen LogP contribution in [-0.4, -0.2) is 115 Å². The summed E-state index contributed by atoms with van der Waals surface area (Å²) in [5, 5.41) is 5.85. The van der Waals surface area contributed by atoms with Gasteiger partial charge in [-0.15, -0.1) is 0 Å². The molecule has 1 fully saturated rings. The predicted octanol–water partition coefficient (Wildman–Crippen LogP) is 3.02. The molecule has 2 aromatic rings. The standard InChI is InChI=1S/C36H54N6O7/c1-9-23(2)32(41(5)31(44)22-38-36-37-18-17-24(3)39-36)29(47-6)21-30(43)42-19-13-16-28(42)33(48-7)25(4)34(45)40-27(35(46)49-8)20-26-14-11-10-12-15-26/h10-12,14-15,17-18,23,25,27-29,32-33H,9,13,16,19-22H2,1-8H3,(H,40,45)(H,37,38,39)/t23?,25?,27-,28?,29?,32?,33?/m0/s1. The van der Waals surface area contributed by atoms with E-state index in [1.54, 1.807) is 43.1 Å². The molecule has 3 rings (SSSR count). The Balaban J connectivity index is 1.71. The largest absolute Gasteiger partial charge is 0.467 e. The number of methoxy groups -OCH3 is 3. The quantitative estimate of drug-likeness (QED) is 0.225. The summed E-state index contributed by atoms with van der Waals surface area (Å²) in [5.41, 5.74) is 1.67. The van der Waals surface area contributed by atoms with E-state index in [4.69, 9.17) is 14.2 Å². The van der Waals surface area contributed by atoms with Gasteiger partial charge in [0.25, 0.3) is 0 Å². The van der Waals surface area contributed by atoms with E-state index in [9.17, 15) is 19.2 Å². The number of ether oxygens (including phenoxy) is 3. The lowest BCUT2D eigenvalue weighted by atomic mass is 9.90. The second kappa shape index (κ2) is 19.2. The van der Waals surface area contributed by atoms with Gasteiger partial charge < -0.3 is 34.6 Å². The van der Waals surface area contributed by atoms with Crippen LogP contribution in [0.5, 0.6) is 0 Å². The maximum Gasteiger partial charge on any atom is 0.328 e. The number of nitrogens with one attached hydrogen (secondary N) is 2. The number of hydrogen-bond donors (Lipinski definition) is 2. The number of benzene rings is 1. The normalized spacial score (nSPS) is 18.0. The van der Waals surface area contributed by atoms with Crippen LogP contribution in [-0.2, 0) is 39.8 Å². The molecule has 7 atom stereocenters. The van der Waals surface area contributed by atoms with Gasteiger partial charge in [-0.1, -0.05) is 57.5 Å². The fourth-order valence-electron chi connectivity index (χ4n) is 6.63. The van der Waals surface area contributed by atoms with Crippen molar-refractivity contribution in [3.63, 3.8) is 0 Å². The van der Waals surface area contributed by atoms with Crippen molar-refractivity contribution in [1.29, 1.82) is 0 Å². The molecular formula is C36H54N6O7. The van der Waals surface area contributed by atoms with Crippen molar-refractivity contribution in [2.24, 2.45) is 11.8 Å². The van der Waals surface area contributed by atoms with Gasteiger partial charge in [-0.3, -0.25) is 14.4 Å². The van der Waals surface area contributed by atoms with Gasteiger partial charge in [0.2, 0.25) is 23.7 Å². The molecular weight excluding hydrogens is 628 g/mol. The van der Waals surface area contributed by atoms with Crippen LogP contribution in [0.25, 0.3) is 0 Å².